The van der Waals surface area contributed by atoms with Crippen molar-refractivity contribution in [3.63, 3.8) is 0 Å². The molecule has 1 aromatic rings. The van der Waals surface area contributed by atoms with Gasteiger partial charge in [0.1, 0.15) is 0 Å². The van der Waals surface area contributed by atoms with E-state index in [9.17, 15) is 4.79 Å². The van der Waals surface area contributed by atoms with E-state index in [1.54, 1.807) is 12.1 Å². The molecule has 4 nitrogen and oxygen atoms in total. The van der Waals surface area contributed by atoms with Crippen molar-refractivity contribution >= 4 is 5.91 Å². The van der Waals surface area contributed by atoms with Crippen molar-refractivity contribution < 1.29 is 4.79 Å². The first-order valence-corrected chi connectivity index (χ1v) is 4.40. The van der Waals surface area contributed by atoms with Gasteiger partial charge in [-0.25, -0.2) is 0 Å². The number of rotatable bonds is 4. The summed E-state index contributed by atoms with van der Waals surface area (Å²) in [5.41, 5.74) is 9.81. The van der Waals surface area contributed by atoms with Gasteiger partial charge in [0.15, 0.2) is 0 Å². The number of primary amides is 1. The maximum Gasteiger partial charge on any atom is 0.249 e. The van der Waals surface area contributed by atoms with Gasteiger partial charge in [-0.05, 0) is 11.6 Å². The lowest BCUT2D eigenvalue weighted by Gasteiger charge is -2.13. The summed E-state index contributed by atoms with van der Waals surface area (Å²) in [4.78, 5) is 11.0. The Balaban J connectivity index is 2.79. The molecule has 1 aromatic carbocycles. The van der Waals surface area contributed by atoms with Crippen molar-refractivity contribution in [2.45, 2.75) is 6.54 Å². The summed E-state index contributed by atoms with van der Waals surface area (Å²) in [6.45, 7) is 0.603. The van der Waals surface area contributed by atoms with E-state index in [-0.39, 0.29) is 5.91 Å². The number of amides is 1. The Labute approximate surface area is 83.7 Å². The first kappa shape index (κ1) is 10.7. The molecule has 0 unspecified atom stereocenters. The van der Waals surface area contributed by atoms with E-state index in [1.165, 1.54) is 0 Å². The van der Waals surface area contributed by atoms with Crippen LogP contribution in [0.3, 0.4) is 0 Å². The van der Waals surface area contributed by atoms with E-state index in [0.29, 0.717) is 12.1 Å². The predicted molar refractivity (Wildman–Crippen MR) is 55.5 cm³/mol. The quantitative estimate of drug-likeness (QED) is 0.678. The Kier molecular flexibility index (Phi) is 3.62. The zero-order chi connectivity index (χ0) is 10.6. The van der Waals surface area contributed by atoms with Gasteiger partial charge in [0, 0.05) is 26.2 Å². The minimum absolute atomic E-state index is 0.388. The van der Waals surface area contributed by atoms with E-state index in [4.69, 9.17) is 5.73 Å². The first-order valence-electron chi connectivity index (χ1n) is 4.40. The number of nitrogens with zero attached hydrogens (tertiary/aromatic N) is 1. The molecule has 0 aromatic heterocycles. The molecule has 0 saturated heterocycles. The van der Waals surface area contributed by atoms with Gasteiger partial charge < -0.3 is 5.73 Å². The smallest absolute Gasteiger partial charge is 0.249 e. The van der Waals surface area contributed by atoms with Crippen molar-refractivity contribution in [3.05, 3.63) is 35.4 Å². The molecule has 0 heterocycles. The highest BCUT2D eigenvalue weighted by Crippen LogP contribution is 2.07. The molecular formula is C10H15N3O. The SMILES string of the molecule is CN(C)NCc1ccccc1C(N)=O. The Morgan fingerprint density at radius 2 is 2.07 bits per heavy atom. The van der Waals surface area contributed by atoms with Crippen molar-refractivity contribution in [3.8, 4) is 0 Å². The van der Waals surface area contributed by atoms with Gasteiger partial charge in [-0.3, -0.25) is 15.2 Å². The molecule has 0 aliphatic carbocycles. The summed E-state index contributed by atoms with van der Waals surface area (Å²) in [5, 5.41) is 1.83. The Morgan fingerprint density at radius 3 is 2.64 bits per heavy atom. The van der Waals surface area contributed by atoms with Gasteiger partial charge in [-0.15, -0.1) is 0 Å². The van der Waals surface area contributed by atoms with Gasteiger partial charge in [0.2, 0.25) is 5.91 Å². The number of nitrogens with one attached hydrogen (secondary N) is 1. The fraction of sp³-hybridized carbons (Fsp3) is 0.300. The van der Waals surface area contributed by atoms with Crippen LogP contribution in [0, 0.1) is 0 Å². The third kappa shape index (κ3) is 2.83. The second-order valence-electron chi connectivity index (χ2n) is 3.25. The highest BCUT2D eigenvalue weighted by atomic mass is 16.1. The van der Waals surface area contributed by atoms with E-state index in [2.05, 4.69) is 5.43 Å². The van der Waals surface area contributed by atoms with E-state index < -0.39 is 0 Å². The molecule has 0 saturated carbocycles. The second kappa shape index (κ2) is 4.74. The third-order valence-electron chi connectivity index (χ3n) is 1.87. The lowest BCUT2D eigenvalue weighted by Crippen LogP contribution is -2.30. The standard InChI is InChI=1S/C10H15N3O/c1-13(2)12-7-8-5-3-4-6-9(8)10(11)14/h3-6,12H,7H2,1-2H3,(H2,11,14). The number of benzene rings is 1. The van der Waals surface area contributed by atoms with E-state index in [1.807, 2.05) is 31.2 Å². The van der Waals surface area contributed by atoms with Crippen molar-refractivity contribution in [2.24, 2.45) is 5.73 Å². The molecule has 4 heteroatoms. The van der Waals surface area contributed by atoms with E-state index >= 15 is 0 Å². The predicted octanol–water partition coefficient (Wildman–Crippen LogP) is 0.352. The number of nitrogens with two attached hydrogens (primary N) is 1. The molecule has 1 amide bonds. The summed E-state index contributed by atoms with van der Waals surface area (Å²) < 4.78 is 0. The molecule has 0 bridgehead atoms. The topological polar surface area (TPSA) is 58.4 Å². The molecular weight excluding hydrogens is 178 g/mol. The number of carbonyl (C=O) groups is 1. The Bertz CT molecular complexity index is 323. The first-order chi connectivity index (χ1) is 6.61. The number of carbonyl (C=O) groups excluding carboxylic acids is 1. The van der Waals surface area contributed by atoms with Gasteiger partial charge >= 0.3 is 0 Å². The second-order valence-corrected chi connectivity index (χ2v) is 3.25. The molecule has 0 fully saturated rings. The summed E-state index contributed by atoms with van der Waals surface area (Å²) in [6, 6.07) is 7.31. The molecule has 0 aliphatic rings. The highest BCUT2D eigenvalue weighted by Gasteiger charge is 2.06. The summed E-state index contributed by atoms with van der Waals surface area (Å²) in [7, 11) is 3.79. The van der Waals surface area contributed by atoms with Gasteiger partial charge in [0.25, 0.3) is 0 Å². The van der Waals surface area contributed by atoms with Gasteiger partial charge in [-0.1, -0.05) is 18.2 Å². The summed E-state index contributed by atoms with van der Waals surface area (Å²) in [5.74, 6) is -0.388. The van der Waals surface area contributed by atoms with Crippen LogP contribution in [0.5, 0.6) is 0 Å². The molecule has 14 heavy (non-hydrogen) atoms. The van der Waals surface area contributed by atoms with Crippen LogP contribution >= 0.6 is 0 Å². The van der Waals surface area contributed by atoms with Crippen LogP contribution in [0.1, 0.15) is 15.9 Å². The average molecular weight is 193 g/mol. The fourth-order valence-electron chi connectivity index (χ4n) is 1.16. The third-order valence-corrected chi connectivity index (χ3v) is 1.87. The van der Waals surface area contributed by atoms with Crippen molar-refractivity contribution in [2.75, 3.05) is 14.1 Å². The van der Waals surface area contributed by atoms with Crippen LogP contribution in [-0.4, -0.2) is 25.0 Å². The molecule has 0 radical (unpaired) electrons. The fourth-order valence-corrected chi connectivity index (χ4v) is 1.16. The van der Waals surface area contributed by atoms with E-state index in [0.717, 1.165) is 5.56 Å². The monoisotopic (exact) mass is 193 g/mol. The molecule has 3 N–H and O–H groups in total. The number of hydrazine groups is 1. The average Bonchev–Trinajstić information content (AvgIpc) is 2.15. The molecule has 0 atom stereocenters. The van der Waals surface area contributed by atoms with Crippen LogP contribution in [-0.2, 0) is 6.54 Å². The zero-order valence-corrected chi connectivity index (χ0v) is 8.45. The minimum atomic E-state index is -0.388. The maximum absolute atomic E-state index is 11.0. The lowest BCUT2D eigenvalue weighted by atomic mass is 10.1. The Hall–Kier alpha value is -1.39. The number of hydrogen-bond acceptors (Lipinski definition) is 3. The Morgan fingerprint density at radius 1 is 1.43 bits per heavy atom. The molecule has 76 valence electrons. The van der Waals surface area contributed by atoms with Crippen LogP contribution in [0.15, 0.2) is 24.3 Å². The van der Waals surface area contributed by atoms with Crippen molar-refractivity contribution in [1.29, 1.82) is 0 Å². The normalized spacial score (nSPS) is 10.5. The summed E-state index contributed by atoms with van der Waals surface area (Å²) in [6.07, 6.45) is 0. The van der Waals surface area contributed by atoms with Crippen LogP contribution in [0.2, 0.25) is 0 Å². The lowest BCUT2D eigenvalue weighted by molar-refractivity contribution is 0.0999. The van der Waals surface area contributed by atoms with Crippen LogP contribution in [0.25, 0.3) is 0 Å². The largest absolute Gasteiger partial charge is 0.366 e. The molecule has 1 rings (SSSR count). The van der Waals surface area contributed by atoms with Gasteiger partial charge in [0.05, 0.1) is 0 Å². The van der Waals surface area contributed by atoms with Crippen LogP contribution < -0.4 is 11.2 Å². The van der Waals surface area contributed by atoms with Crippen molar-refractivity contribution in [1.82, 2.24) is 10.4 Å². The molecule has 0 spiro atoms. The molecule has 0 aliphatic heterocycles. The van der Waals surface area contributed by atoms with Crippen LogP contribution in [0.4, 0.5) is 0 Å². The highest BCUT2D eigenvalue weighted by molar-refractivity contribution is 5.94. The minimum Gasteiger partial charge on any atom is -0.366 e. The zero-order valence-electron chi connectivity index (χ0n) is 8.45. The summed E-state index contributed by atoms with van der Waals surface area (Å²) >= 11 is 0. The maximum atomic E-state index is 11.0. The van der Waals surface area contributed by atoms with Gasteiger partial charge in [-0.2, -0.15) is 0 Å². The number of hydrogen-bond donors (Lipinski definition) is 2.